The molecule has 10 heteroatoms. The minimum atomic E-state index is -1.04. The maximum atomic E-state index is 13.1. The third-order valence-corrected chi connectivity index (χ3v) is 6.22. The molecule has 9 nitrogen and oxygen atoms in total. The lowest BCUT2D eigenvalue weighted by Crippen LogP contribution is -2.43. The predicted molar refractivity (Wildman–Crippen MR) is 133 cm³/mol. The second-order valence-electron chi connectivity index (χ2n) is 9.13. The van der Waals surface area contributed by atoms with Gasteiger partial charge in [0.15, 0.2) is 11.2 Å². The number of aromatic amines is 1. The molecular formula is C24H32ClN5O4. The molecule has 0 bridgehead atoms. The van der Waals surface area contributed by atoms with Crippen molar-refractivity contribution in [3.63, 3.8) is 0 Å². The maximum absolute atomic E-state index is 13.1. The van der Waals surface area contributed by atoms with Crippen LogP contribution in [0, 0.1) is 0 Å². The number of imidazole rings is 1. The number of aryl methyl sites for hydroxylation is 1. The zero-order valence-electron chi connectivity index (χ0n) is 19.9. The smallest absolute Gasteiger partial charge is 0.407 e. The Labute approximate surface area is 203 Å². The molecule has 0 saturated carbocycles. The standard InChI is InChI=1S/C24H32ClN5O4/c1-4-5-9-14-29-19-18(26-21(25)27-19)20(31)30(22(29)32)15-10-13-28(23(33)34)16-24(2,3)17-11-7-6-8-12-17/h6-8,11-12H,4-5,9-10,13-16H2,1-3H3,(H,26,27)(H,33,34). The number of amides is 1. The molecule has 3 rings (SSSR count). The van der Waals surface area contributed by atoms with Gasteiger partial charge in [0.1, 0.15) is 0 Å². The summed E-state index contributed by atoms with van der Waals surface area (Å²) in [7, 11) is 0. The first kappa shape index (κ1) is 25.6. The van der Waals surface area contributed by atoms with E-state index in [0.717, 1.165) is 29.4 Å². The Balaban J connectivity index is 1.80. The van der Waals surface area contributed by atoms with Crippen LogP contribution in [0.25, 0.3) is 11.2 Å². The van der Waals surface area contributed by atoms with E-state index in [-0.39, 0.29) is 36.1 Å². The van der Waals surface area contributed by atoms with Crippen LogP contribution in [0.1, 0.15) is 52.0 Å². The van der Waals surface area contributed by atoms with Crippen LogP contribution in [0.5, 0.6) is 0 Å². The van der Waals surface area contributed by atoms with Gasteiger partial charge in [0.25, 0.3) is 5.56 Å². The topological polar surface area (TPSA) is 113 Å². The molecule has 0 radical (unpaired) electrons. The Morgan fingerprint density at radius 3 is 2.44 bits per heavy atom. The number of rotatable bonds is 11. The van der Waals surface area contributed by atoms with Crippen molar-refractivity contribution in [3.8, 4) is 0 Å². The Morgan fingerprint density at radius 1 is 1.12 bits per heavy atom. The van der Waals surface area contributed by atoms with Gasteiger partial charge in [-0.15, -0.1) is 0 Å². The van der Waals surface area contributed by atoms with Crippen molar-refractivity contribution in [3.05, 3.63) is 62.0 Å². The highest BCUT2D eigenvalue weighted by Crippen LogP contribution is 2.24. The highest BCUT2D eigenvalue weighted by atomic mass is 35.5. The van der Waals surface area contributed by atoms with E-state index in [9.17, 15) is 19.5 Å². The van der Waals surface area contributed by atoms with Crippen LogP contribution in [0.2, 0.25) is 5.28 Å². The number of nitrogens with one attached hydrogen (secondary N) is 1. The number of carbonyl (C=O) groups is 1. The van der Waals surface area contributed by atoms with E-state index in [1.54, 1.807) is 0 Å². The molecule has 184 valence electrons. The van der Waals surface area contributed by atoms with Crippen LogP contribution in [0.3, 0.4) is 0 Å². The SMILES string of the molecule is CCCCCn1c(=O)n(CCCN(CC(C)(C)c2ccccc2)C(=O)O)c(=O)c2[nH]c(Cl)nc21. The van der Waals surface area contributed by atoms with Crippen LogP contribution in [-0.4, -0.2) is 48.3 Å². The zero-order valence-corrected chi connectivity index (χ0v) is 20.6. The first-order valence-corrected chi connectivity index (χ1v) is 12.0. The number of H-pyrrole nitrogens is 1. The van der Waals surface area contributed by atoms with E-state index in [2.05, 4.69) is 16.9 Å². The van der Waals surface area contributed by atoms with Crippen molar-refractivity contribution in [2.24, 2.45) is 0 Å². The molecule has 0 fully saturated rings. The van der Waals surface area contributed by atoms with Crippen molar-refractivity contribution < 1.29 is 9.90 Å². The van der Waals surface area contributed by atoms with Crippen molar-refractivity contribution in [2.45, 2.75) is 65.0 Å². The molecule has 34 heavy (non-hydrogen) atoms. The number of unbranched alkanes of at least 4 members (excludes halogenated alkanes) is 2. The van der Waals surface area contributed by atoms with Gasteiger partial charge >= 0.3 is 11.8 Å². The summed E-state index contributed by atoms with van der Waals surface area (Å²) in [6.07, 6.45) is 1.98. The Bertz CT molecular complexity index is 1250. The van der Waals surface area contributed by atoms with Gasteiger partial charge in [0.2, 0.25) is 5.28 Å². The van der Waals surface area contributed by atoms with Crippen LogP contribution in [-0.2, 0) is 18.5 Å². The molecule has 0 unspecified atom stereocenters. The third-order valence-electron chi connectivity index (χ3n) is 6.04. The van der Waals surface area contributed by atoms with Gasteiger partial charge in [-0.05, 0) is 30.0 Å². The van der Waals surface area contributed by atoms with E-state index < -0.39 is 22.8 Å². The van der Waals surface area contributed by atoms with Gasteiger partial charge in [0.05, 0.1) is 0 Å². The van der Waals surface area contributed by atoms with E-state index in [1.807, 2.05) is 44.2 Å². The summed E-state index contributed by atoms with van der Waals surface area (Å²) in [5, 5.41) is 9.81. The third kappa shape index (κ3) is 5.70. The second kappa shape index (κ2) is 10.9. The average molecular weight is 490 g/mol. The van der Waals surface area contributed by atoms with E-state index in [4.69, 9.17) is 11.6 Å². The van der Waals surface area contributed by atoms with Crippen molar-refractivity contribution in [1.82, 2.24) is 24.0 Å². The minimum Gasteiger partial charge on any atom is -0.465 e. The van der Waals surface area contributed by atoms with Gasteiger partial charge in [-0.3, -0.25) is 13.9 Å². The number of aromatic nitrogens is 4. The van der Waals surface area contributed by atoms with Crippen LogP contribution in [0.15, 0.2) is 39.9 Å². The first-order chi connectivity index (χ1) is 16.2. The maximum Gasteiger partial charge on any atom is 0.407 e. The van der Waals surface area contributed by atoms with Gasteiger partial charge in [-0.25, -0.2) is 9.59 Å². The molecule has 2 aromatic heterocycles. The van der Waals surface area contributed by atoms with Gasteiger partial charge in [-0.1, -0.05) is 63.9 Å². The average Bonchev–Trinajstić information content (AvgIpc) is 3.19. The van der Waals surface area contributed by atoms with Crippen LogP contribution < -0.4 is 11.2 Å². The highest BCUT2D eigenvalue weighted by molar-refractivity contribution is 6.28. The van der Waals surface area contributed by atoms with E-state index in [0.29, 0.717) is 13.0 Å². The number of hydrogen-bond acceptors (Lipinski definition) is 4. The summed E-state index contributed by atoms with van der Waals surface area (Å²) in [4.78, 5) is 46.2. The van der Waals surface area contributed by atoms with Crippen molar-refractivity contribution >= 4 is 28.9 Å². The van der Waals surface area contributed by atoms with Gasteiger partial charge in [0, 0.05) is 31.6 Å². The molecule has 0 saturated heterocycles. The monoisotopic (exact) mass is 489 g/mol. The Kier molecular flexibility index (Phi) is 8.19. The lowest BCUT2D eigenvalue weighted by Gasteiger charge is -2.31. The predicted octanol–water partition coefficient (Wildman–Crippen LogP) is 4.08. The molecule has 1 amide bonds. The van der Waals surface area contributed by atoms with Gasteiger partial charge in [-0.2, -0.15) is 4.98 Å². The molecule has 2 heterocycles. The molecule has 3 aromatic rings. The van der Waals surface area contributed by atoms with Crippen LogP contribution >= 0.6 is 11.6 Å². The molecule has 0 aliphatic rings. The summed E-state index contributed by atoms with van der Waals surface area (Å²) in [5.41, 5.74) is 0.120. The second-order valence-corrected chi connectivity index (χ2v) is 9.49. The highest BCUT2D eigenvalue weighted by Gasteiger charge is 2.26. The fourth-order valence-corrected chi connectivity index (χ4v) is 4.35. The number of carboxylic acid groups (broad SMARTS) is 1. The Morgan fingerprint density at radius 2 is 1.79 bits per heavy atom. The van der Waals surface area contributed by atoms with E-state index in [1.165, 1.54) is 9.47 Å². The molecule has 1 aromatic carbocycles. The van der Waals surface area contributed by atoms with E-state index >= 15 is 0 Å². The number of halogens is 1. The lowest BCUT2D eigenvalue weighted by molar-refractivity contribution is 0.133. The molecule has 0 spiro atoms. The van der Waals surface area contributed by atoms with Crippen LogP contribution in [0.4, 0.5) is 4.79 Å². The largest absolute Gasteiger partial charge is 0.465 e. The quantitative estimate of drug-likeness (QED) is 0.311. The number of fused-ring (bicyclic) bond motifs is 1. The first-order valence-electron chi connectivity index (χ1n) is 11.6. The fraction of sp³-hybridized carbons (Fsp3) is 0.500. The minimum absolute atomic E-state index is 0.0497. The Hall–Kier alpha value is -3.07. The summed E-state index contributed by atoms with van der Waals surface area (Å²) >= 11 is 5.98. The molecule has 0 aliphatic heterocycles. The summed E-state index contributed by atoms with van der Waals surface area (Å²) in [6.45, 7) is 7.05. The van der Waals surface area contributed by atoms with Gasteiger partial charge < -0.3 is 15.0 Å². The zero-order chi connectivity index (χ0) is 24.9. The summed E-state index contributed by atoms with van der Waals surface area (Å²) in [5.74, 6) is 0. The lowest BCUT2D eigenvalue weighted by atomic mass is 9.84. The summed E-state index contributed by atoms with van der Waals surface area (Å²) < 4.78 is 2.62. The number of benzene rings is 1. The van der Waals surface area contributed by atoms with Crippen molar-refractivity contribution in [1.29, 1.82) is 0 Å². The fourth-order valence-electron chi connectivity index (χ4n) is 4.18. The molecule has 0 aliphatic carbocycles. The van der Waals surface area contributed by atoms with Crippen molar-refractivity contribution in [2.75, 3.05) is 13.1 Å². The molecular weight excluding hydrogens is 458 g/mol. The molecule has 0 atom stereocenters. The number of nitrogens with zero attached hydrogens (tertiary/aromatic N) is 4. The molecule has 2 N–H and O–H groups in total. The normalized spacial score (nSPS) is 11.8. The number of hydrogen-bond donors (Lipinski definition) is 2. The summed E-state index contributed by atoms with van der Waals surface area (Å²) in [6, 6.07) is 9.73.